The fraction of sp³-hybridized carbons (Fsp3) is 0. The first kappa shape index (κ1) is 9.64. The van der Waals surface area contributed by atoms with Crippen LogP contribution in [0.5, 0.6) is 0 Å². The summed E-state index contributed by atoms with van der Waals surface area (Å²) in [7, 11) is 1.48. The maximum absolute atomic E-state index is 13.0. The summed E-state index contributed by atoms with van der Waals surface area (Å²) in [6, 6.07) is 2.89. The van der Waals surface area contributed by atoms with Gasteiger partial charge in [-0.2, -0.15) is 0 Å². The van der Waals surface area contributed by atoms with Crippen molar-refractivity contribution in [3.05, 3.63) is 35.4 Å². The molecular formula is C9H7BF2O. The van der Waals surface area contributed by atoms with Crippen LogP contribution >= 0.6 is 0 Å². The third-order valence-corrected chi connectivity index (χ3v) is 1.66. The number of hydrogen-bond acceptors (Lipinski definition) is 1. The van der Waals surface area contributed by atoms with Gasteiger partial charge < -0.3 is 0 Å². The minimum Gasteiger partial charge on any atom is -0.299 e. The summed E-state index contributed by atoms with van der Waals surface area (Å²) in [6.45, 7) is 0. The molecule has 0 aliphatic carbocycles. The van der Waals surface area contributed by atoms with Gasteiger partial charge in [0.15, 0.2) is 11.6 Å². The van der Waals surface area contributed by atoms with Crippen molar-refractivity contribution in [1.29, 1.82) is 0 Å². The fourth-order valence-electron chi connectivity index (χ4n) is 0.933. The van der Waals surface area contributed by atoms with E-state index >= 15 is 0 Å². The van der Waals surface area contributed by atoms with Crippen LogP contribution in [0.2, 0.25) is 0 Å². The molecule has 0 saturated heterocycles. The monoisotopic (exact) mass is 180 g/mol. The molecule has 1 rings (SSSR count). The van der Waals surface area contributed by atoms with Gasteiger partial charge in [-0.25, -0.2) is 8.78 Å². The van der Waals surface area contributed by atoms with Crippen molar-refractivity contribution in [3.63, 3.8) is 0 Å². The molecule has 66 valence electrons. The molecule has 1 aromatic rings. The van der Waals surface area contributed by atoms with Gasteiger partial charge in [0.1, 0.15) is 14.1 Å². The van der Waals surface area contributed by atoms with Crippen molar-refractivity contribution in [3.8, 4) is 0 Å². The first-order chi connectivity index (χ1) is 6.16. The summed E-state index contributed by atoms with van der Waals surface area (Å²) >= 11 is 0. The number of allylic oxidation sites excluding steroid dienone is 1. The quantitative estimate of drug-likeness (QED) is 0.366. The molecule has 0 bridgehead atoms. The van der Waals surface area contributed by atoms with E-state index < -0.39 is 11.6 Å². The molecule has 0 unspecified atom stereocenters. The Hall–Kier alpha value is -1.45. The van der Waals surface area contributed by atoms with Crippen LogP contribution in [-0.4, -0.2) is 14.1 Å². The highest BCUT2D eigenvalue weighted by Gasteiger charge is 2.07. The first-order valence-corrected chi connectivity index (χ1v) is 3.73. The van der Waals surface area contributed by atoms with E-state index in [1.54, 1.807) is 0 Å². The highest BCUT2D eigenvalue weighted by atomic mass is 19.2. The maximum atomic E-state index is 13.0. The number of carbonyl (C=O) groups excluding carboxylic acids is 1. The van der Waals surface area contributed by atoms with E-state index in [0.717, 1.165) is 6.08 Å². The summed E-state index contributed by atoms with van der Waals surface area (Å²) in [5, 5.41) is 0. The Morgan fingerprint density at radius 1 is 1.23 bits per heavy atom. The topological polar surface area (TPSA) is 17.1 Å². The molecule has 0 radical (unpaired) electrons. The van der Waals surface area contributed by atoms with Crippen LogP contribution in [-0.2, 0) is 4.79 Å². The fourth-order valence-corrected chi connectivity index (χ4v) is 0.933. The first-order valence-electron chi connectivity index (χ1n) is 3.73. The number of rotatable bonds is 2. The Labute approximate surface area is 75.5 Å². The summed E-state index contributed by atoms with van der Waals surface area (Å²) in [5.41, 5.74) is 0.330. The lowest BCUT2D eigenvalue weighted by atomic mass is 9.94. The molecular weight excluding hydrogens is 173 g/mol. The lowest BCUT2D eigenvalue weighted by molar-refractivity contribution is -0.104. The van der Waals surface area contributed by atoms with Crippen molar-refractivity contribution < 1.29 is 13.6 Å². The number of aldehydes is 1. The predicted octanol–water partition coefficient (Wildman–Crippen LogP) is 0.435. The molecule has 1 nitrogen and oxygen atoms in total. The number of benzene rings is 1. The molecule has 0 aliphatic heterocycles. The average molecular weight is 180 g/mol. The van der Waals surface area contributed by atoms with Gasteiger partial charge >= 0.3 is 0 Å². The molecule has 0 aliphatic rings. The van der Waals surface area contributed by atoms with E-state index in [4.69, 9.17) is 0 Å². The van der Waals surface area contributed by atoms with Crippen LogP contribution in [0, 0.1) is 11.6 Å². The van der Waals surface area contributed by atoms with Crippen LogP contribution in [0.15, 0.2) is 18.2 Å². The standard InChI is InChI=1S/C9H7BF2O/c10-7-4-3-6(2-1-5-13)8(11)9(7)12/h1-5H,10H2/b2-1+. The summed E-state index contributed by atoms with van der Waals surface area (Å²) in [4.78, 5) is 9.94. The highest BCUT2D eigenvalue weighted by Crippen LogP contribution is 2.10. The van der Waals surface area contributed by atoms with Crippen LogP contribution in [0.4, 0.5) is 8.78 Å². The molecule has 4 heteroatoms. The second-order valence-corrected chi connectivity index (χ2v) is 2.59. The van der Waals surface area contributed by atoms with Crippen LogP contribution in [0.1, 0.15) is 5.56 Å². The summed E-state index contributed by atoms with van der Waals surface area (Å²) < 4.78 is 26.0. The van der Waals surface area contributed by atoms with Crippen LogP contribution in [0.3, 0.4) is 0 Å². The molecule has 0 atom stereocenters. The molecule has 0 heterocycles. The second-order valence-electron chi connectivity index (χ2n) is 2.59. The van der Waals surface area contributed by atoms with Crippen molar-refractivity contribution in [2.45, 2.75) is 0 Å². The summed E-state index contributed by atoms with van der Waals surface area (Å²) in [5.74, 6) is -1.79. The maximum Gasteiger partial charge on any atom is 0.165 e. The van der Waals surface area contributed by atoms with Crippen molar-refractivity contribution in [1.82, 2.24) is 0 Å². The number of carbonyl (C=O) groups is 1. The molecule has 0 spiro atoms. The van der Waals surface area contributed by atoms with E-state index in [2.05, 4.69) is 0 Å². The van der Waals surface area contributed by atoms with Gasteiger partial charge in [-0.3, -0.25) is 4.79 Å². The zero-order chi connectivity index (χ0) is 9.84. The Balaban J connectivity index is 3.17. The van der Waals surface area contributed by atoms with Gasteiger partial charge in [-0.1, -0.05) is 17.6 Å². The van der Waals surface area contributed by atoms with Crippen molar-refractivity contribution in [2.75, 3.05) is 0 Å². The Bertz CT molecular complexity index is 361. The van der Waals surface area contributed by atoms with Gasteiger partial charge in [0.2, 0.25) is 0 Å². The SMILES string of the molecule is Bc1ccc(/C=C/C=O)c(F)c1F. The van der Waals surface area contributed by atoms with E-state index in [9.17, 15) is 13.6 Å². The molecule has 0 amide bonds. The number of hydrogen-bond donors (Lipinski definition) is 0. The van der Waals surface area contributed by atoms with Crippen molar-refractivity contribution in [2.24, 2.45) is 0 Å². The lowest BCUT2D eigenvalue weighted by Gasteiger charge is -2.00. The Kier molecular flexibility index (Phi) is 2.95. The normalized spacial score (nSPS) is 10.6. The van der Waals surface area contributed by atoms with Gasteiger partial charge in [0, 0.05) is 5.56 Å². The van der Waals surface area contributed by atoms with Gasteiger partial charge in [0.05, 0.1) is 0 Å². The number of halogens is 2. The summed E-state index contributed by atoms with van der Waals surface area (Å²) in [6.07, 6.45) is 2.86. The second kappa shape index (κ2) is 3.98. The lowest BCUT2D eigenvalue weighted by Crippen LogP contribution is -2.11. The van der Waals surface area contributed by atoms with Gasteiger partial charge in [0.25, 0.3) is 0 Å². The van der Waals surface area contributed by atoms with E-state index in [1.807, 2.05) is 0 Å². The minimum atomic E-state index is -0.918. The van der Waals surface area contributed by atoms with E-state index in [1.165, 1.54) is 26.1 Å². The molecule has 0 aromatic heterocycles. The third-order valence-electron chi connectivity index (χ3n) is 1.66. The van der Waals surface area contributed by atoms with E-state index in [0.29, 0.717) is 6.29 Å². The Morgan fingerprint density at radius 3 is 2.54 bits per heavy atom. The van der Waals surface area contributed by atoms with E-state index in [-0.39, 0.29) is 11.0 Å². The molecule has 0 N–H and O–H groups in total. The smallest absolute Gasteiger partial charge is 0.165 e. The van der Waals surface area contributed by atoms with Crippen LogP contribution in [0.25, 0.3) is 6.08 Å². The van der Waals surface area contributed by atoms with Gasteiger partial charge in [-0.15, -0.1) is 0 Å². The highest BCUT2D eigenvalue weighted by molar-refractivity contribution is 6.32. The van der Waals surface area contributed by atoms with Crippen LogP contribution < -0.4 is 5.46 Å². The molecule has 0 fully saturated rings. The van der Waals surface area contributed by atoms with Crippen molar-refractivity contribution >= 4 is 25.7 Å². The third kappa shape index (κ3) is 2.02. The largest absolute Gasteiger partial charge is 0.299 e. The zero-order valence-corrected chi connectivity index (χ0v) is 7.05. The molecule has 1 aromatic carbocycles. The molecule has 13 heavy (non-hydrogen) atoms. The molecule has 0 saturated carbocycles. The predicted molar refractivity (Wildman–Crippen MR) is 49.6 cm³/mol. The average Bonchev–Trinajstić information content (AvgIpc) is 2.13. The Morgan fingerprint density at radius 2 is 1.92 bits per heavy atom. The minimum absolute atomic E-state index is 0.0789. The zero-order valence-electron chi connectivity index (χ0n) is 7.05. The van der Waals surface area contributed by atoms with Gasteiger partial charge in [-0.05, 0) is 12.2 Å².